The first kappa shape index (κ1) is 20.8. The summed E-state index contributed by atoms with van der Waals surface area (Å²) in [6.45, 7) is 16.2. The average Bonchev–Trinajstić information content (AvgIpc) is 2.53. The number of aryl methyl sites for hydroxylation is 2. The second-order valence-corrected chi connectivity index (χ2v) is 6.24. The van der Waals surface area contributed by atoms with Gasteiger partial charge in [-0.2, -0.15) is 0 Å². The van der Waals surface area contributed by atoms with Crippen molar-refractivity contribution in [3.8, 4) is 0 Å². The van der Waals surface area contributed by atoms with E-state index in [-0.39, 0.29) is 5.57 Å². The first-order chi connectivity index (χ1) is 11.6. The van der Waals surface area contributed by atoms with E-state index in [1.165, 1.54) is 17.7 Å². The van der Waals surface area contributed by atoms with Gasteiger partial charge in [0.2, 0.25) is 0 Å². The molecule has 0 heterocycles. The van der Waals surface area contributed by atoms with E-state index in [9.17, 15) is 8.78 Å². The van der Waals surface area contributed by atoms with Crippen molar-refractivity contribution in [2.24, 2.45) is 4.99 Å². The molecule has 0 aliphatic heterocycles. The fraction of sp³-hybridized carbons (Fsp3) is 0.318. The van der Waals surface area contributed by atoms with Crippen LogP contribution in [0.2, 0.25) is 0 Å². The van der Waals surface area contributed by atoms with E-state index in [1.54, 1.807) is 6.08 Å². The second kappa shape index (κ2) is 8.70. The van der Waals surface area contributed by atoms with Crippen LogP contribution in [0.1, 0.15) is 43.9 Å². The van der Waals surface area contributed by atoms with Crippen molar-refractivity contribution < 1.29 is 8.78 Å². The van der Waals surface area contributed by atoms with Crippen LogP contribution in [0.3, 0.4) is 0 Å². The number of hydrogen-bond donors (Lipinski definition) is 0. The number of benzene rings is 1. The average molecular weight is 343 g/mol. The molecule has 0 bridgehead atoms. The molecule has 1 nitrogen and oxygen atoms in total. The van der Waals surface area contributed by atoms with Crippen molar-refractivity contribution in [3.63, 3.8) is 0 Å². The second-order valence-electron chi connectivity index (χ2n) is 6.24. The van der Waals surface area contributed by atoms with Gasteiger partial charge in [0, 0.05) is 18.2 Å². The predicted octanol–water partition coefficient (Wildman–Crippen LogP) is 6.73. The molecule has 134 valence electrons. The van der Waals surface area contributed by atoms with Crippen LogP contribution in [0.4, 0.5) is 8.78 Å². The first-order valence-corrected chi connectivity index (χ1v) is 8.34. The van der Waals surface area contributed by atoms with E-state index in [2.05, 4.69) is 36.3 Å². The Morgan fingerprint density at radius 1 is 1.24 bits per heavy atom. The van der Waals surface area contributed by atoms with Crippen molar-refractivity contribution in [1.82, 2.24) is 0 Å². The van der Waals surface area contributed by atoms with Gasteiger partial charge in [0.15, 0.2) is 0 Å². The number of halogens is 2. The maximum atomic E-state index is 13.4. The number of rotatable bonds is 7. The van der Waals surface area contributed by atoms with Crippen LogP contribution in [-0.2, 0) is 0 Å². The van der Waals surface area contributed by atoms with E-state index >= 15 is 0 Å². The van der Waals surface area contributed by atoms with E-state index in [0.717, 1.165) is 35.8 Å². The van der Waals surface area contributed by atoms with Gasteiger partial charge in [0.05, 0.1) is 5.70 Å². The maximum Gasteiger partial charge on any atom is 0.270 e. The molecule has 0 saturated heterocycles. The van der Waals surface area contributed by atoms with Gasteiger partial charge in [-0.1, -0.05) is 56.0 Å². The highest BCUT2D eigenvalue weighted by atomic mass is 19.3. The Labute approximate surface area is 150 Å². The van der Waals surface area contributed by atoms with E-state index in [4.69, 9.17) is 0 Å². The van der Waals surface area contributed by atoms with Gasteiger partial charge < -0.3 is 0 Å². The standard InChI is InChI=1S/C22H27F2N/c1-8-19(22(7,23)24)13-12-16(4)18(6)25-21(9-2)20-14-15(3)10-11-17(20)5/h8,10-14H,1,6,9H2,2-5,7H3/b16-12+,19-13+,25-21?. The molecule has 0 aliphatic carbocycles. The van der Waals surface area contributed by atoms with Gasteiger partial charge in [0.1, 0.15) is 0 Å². The zero-order chi connectivity index (χ0) is 19.2. The highest BCUT2D eigenvalue weighted by Gasteiger charge is 2.24. The van der Waals surface area contributed by atoms with Gasteiger partial charge in [-0.25, -0.2) is 8.78 Å². The summed E-state index contributed by atoms with van der Waals surface area (Å²) in [6.07, 6.45) is 4.91. The molecule has 3 heteroatoms. The van der Waals surface area contributed by atoms with Gasteiger partial charge in [0.25, 0.3) is 5.92 Å². The minimum Gasteiger partial charge on any atom is -0.253 e. The molecule has 0 fully saturated rings. The SMILES string of the molecule is C=C/C(=C\C=C(/C)C(=C)N=C(CC)c1cc(C)ccc1C)C(C)(F)F. The highest BCUT2D eigenvalue weighted by molar-refractivity contribution is 6.02. The normalized spacial score (nSPS) is 13.8. The lowest BCUT2D eigenvalue weighted by molar-refractivity contribution is 0.0676. The van der Waals surface area contributed by atoms with E-state index < -0.39 is 5.92 Å². The molecule has 1 aromatic rings. The highest BCUT2D eigenvalue weighted by Crippen LogP contribution is 2.24. The summed E-state index contributed by atoms with van der Waals surface area (Å²) >= 11 is 0. The third-order valence-electron chi connectivity index (χ3n) is 4.00. The molecule has 0 spiro atoms. The maximum absolute atomic E-state index is 13.4. The van der Waals surface area contributed by atoms with Gasteiger partial charge >= 0.3 is 0 Å². The predicted molar refractivity (Wildman–Crippen MR) is 105 cm³/mol. The van der Waals surface area contributed by atoms with Crippen LogP contribution in [0, 0.1) is 13.8 Å². The third-order valence-corrected chi connectivity index (χ3v) is 4.00. The van der Waals surface area contributed by atoms with Crippen LogP contribution in [0.15, 0.2) is 71.4 Å². The lowest BCUT2D eigenvalue weighted by atomic mass is 9.99. The number of allylic oxidation sites excluding steroid dienone is 5. The summed E-state index contributed by atoms with van der Waals surface area (Å²) in [6, 6.07) is 6.25. The Morgan fingerprint density at radius 3 is 2.40 bits per heavy atom. The summed E-state index contributed by atoms with van der Waals surface area (Å²) < 4.78 is 26.8. The van der Waals surface area contributed by atoms with Crippen molar-refractivity contribution in [2.45, 2.75) is 47.0 Å². The quantitative estimate of drug-likeness (QED) is 0.384. The zero-order valence-electron chi connectivity index (χ0n) is 15.8. The summed E-state index contributed by atoms with van der Waals surface area (Å²) in [7, 11) is 0. The van der Waals surface area contributed by atoms with Crippen LogP contribution < -0.4 is 0 Å². The molecule has 0 amide bonds. The van der Waals surface area contributed by atoms with Crippen molar-refractivity contribution in [3.05, 3.63) is 83.1 Å². The molecule has 0 saturated carbocycles. The topological polar surface area (TPSA) is 12.4 Å². The van der Waals surface area contributed by atoms with Gasteiger partial charge in [-0.3, -0.25) is 4.99 Å². The number of alkyl halides is 2. The molecule has 0 radical (unpaired) electrons. The molecule has 0 unspecified atom stereocenters. The van der Waals surface area contributed by atoms with E-state index in [0.29, 0.717) is 5.70 Å². The Bertz CT molecular complexity index is 744. The molecule has 0 N–H and O–H groups in total. The van der Waals surface area contributed by atoms with Crippen molar-refractivity contribution >= 4 is 5.71 Å². The number of aliphatic imine (C=N–C) groups is 1. The summed E-state index contributed by atoms with van der Waals surface area (Å²) in [5.41, 5.74) is 5.53. The summed E-state index contributed by atoms with van der Waals surface area (Å²) in [4.78, 5) is 4.64. The molecule has 0 aromatic heterocycles. The Morgan fingerprint density at radius 2 is 1.88 bits per heavy atom. The number of hydrogen-bond acceptors (Lipinski definition) is 1. The molecule has 0 aliphatic rings. The Balaban J connectivity index is 3.18. The Kier molecular flexibility index (Phi) is 7.22. The first-order valence-electron chi connectivity index (χ1n) is 8.34. The summed E-state index contributed by atoms with van der Waals surface area (Å²) in [5.74, 6) is -2.92. The van der Waals surface area contributed by atoms with Crippen LogP contribution in [0.25, 0.3) is 0 Å². The molecule has 0 atom stereocenters. The minimum atomic E-state index is -2.92. The smallest absolute Gasteiger partial charge is 0.253 e. The lowest BCUT2D eigenvalue weighted by Gasteiger charge is -2.11. The number of nitrogens with zero attached hydrogens (tertiary/aromatic N) is 1. The van der Waals surface area contributed by atoms with Crippen LogP contribution >= 0.6 is 0 Å². The summed E-state index contributed by atoms with van der Waals surface area (Å²) in [5, 5.41) is 0. The largest absolute Gasteiger partial charge is 0.270 e. The lowest BCUT2D eigenvalue weighted by Crippen LogP contribution is -2.11. The van der Waals surface area contributed by atoms with Crippen LogP contribution in [0.5, 0.6) is 0 Å². The van der Waals surface area contributed by atoms with Crippen LogP contribution in [-0.4, -0.2) is 11.6 Å². The van der Waals surface area contributed by atoms with Crippen molar-refractivity contribution in [2.75, 3.05) is 0 Å². The monoisotopic (exact) mass is 343 g/mol. The zero-order valence-corrected chi connectivity index (χ0v) is 15.8. The molecular weight excluding hydrogens is 316 g/mol. The fourth-order valence-corrected chi connectivity index (χ4v) is 2.33. The fourth-order valence-electron chi connectivity index (χ4n) is 2.33. The molecule has 1 aromatic carbocycles. The van der Waals surface area contributed by atoms with Gasteiger partial charge in [-0.05, 0) is 50.0 Å². The van der Waals surface area contributed by atoms with Crippen molar-refractivity contribution in [1.29, 1.82) is 0 Å². The van der Waals surface area contributed by atoms with Gasteiger partial charge in [-0.15, -0.1) is 0 Å². The Hall–Kier alpha value is -2.29. The molecule has 1 rings (SSSR count). The third kappa shape index (κ3) is 5.93. The minimum absolute atomic E-state index is 0.131. The van der Waals surface area contributed by atoms with E-state index in [1.807, 2.05) is 27.7 Å². The molecule has 25 heavy (non-hydrogen) atoms. The molecular formula is C22H27F2N.